The van der Waals surface area contributed by atoms with Crippen LogP contribution in [0.4, 0.5) is 17.3 Å². The predicted octanol–water partition coefficient (Wildman–Crippen LogP) is 4.78. The highest BCUT2D eigenvalue weighted by Crippen LogP contribution is 2.43. The van der Waals surface area contributed by atoms with Gasteiger partial charge in [-0.1, -0.05) is 41.4 Å². The van der Waals surface area contributed by atoms with Gasteiger partial charge in [0.1, 0.15) is 27.2 Å². The van der Waals surface area contributed by atoms with Gasteiger partial charge in [-0.15, -0.1) is 21.5 Å². The maximum absolute atomic E-state index is 13.5. The van der Waals surface area contributed by atoms with Crippen molar-refractivity contribution in [2.45, 2.75) is 11.8 Å². The molecule has 0 unspecified atom stereocenters. The van der Waals surface area contributed by atoms with Crippen LogP contribution in [0, 0.1) is 18.3 Å². The number of halogens is 1. The molecule has 0 fully saturated rings. The Morgan fingerprint density at radius 2 is 1.72 bits per heavy atom. The molecule has 0 radical (unpaired) electrons. The number of nitrogen functional groups attached to an aromatic ring is 2. The van der Waals surface area contributed by atoms with E-state index in [0.717, 1.165) is 16.9 Å². The van der Waals surface area contributed by atoms with E-state index >= 15 is 0 Å². The summed E-state index contributed by atoms with van der Waals surface area (Å²) in [4.78, 5) is 18.3. The van der Waals surface area contributed by atoms with E-state index in [2.05, 4.69) is 26.0 Å². The summed E-state index contributed by atoms with van der Waals surface area (Å²) in [6.07, 6.45) is 0. The van der Waals surface area contributed by atoms with E-state index < -0.39 is 15.8 Å². The van der Waals surface area contributed by atoms with E-state index in [0.29, 0.717) is 21.3 Å². The summed E-state index contributed by atoms with van der Waals surface area (Å²) >= 11 is 6.74. The number of fused-ring (bicyclic) bond motifs is 1. The number of thiophene rings is 1. The molecule has 5 aromatic rings. The maximum Gasteiger partial charge on any atom is 0.263 e. The zero-order chi connectivity index (χ0) is 27.9. The average molecular weight is 576 g/mol. The Balaban J connectivity index is 1.53. The van der Waals surface area contributed by atoms with Gasteiger partial charge in [-0.2, -0.15) is 5.26 Å². The van der Waals surface area contributed by atoms with Crippen LogP contribution in [-0.4, -0.2) is 29.4 Å². The number of anilines is 3. The van der Waals surface area contributed by atoms with E-state index in [1.165, 1.54) is 36.4 Å². The number of sulfonamides is 1. The number of hydrogen-bond acceptors (Lipinski definition) is 10. The number of nitrogens with one attached hydrogen (secondary N) is 1. The van der Waals surface area contributed by atoms with Crippen LogP contribution in [0.1, 0.15) is 26.4 Å². The molecule has 0 aliphatic rings. The van der Waals surface area contributed by atoms with Gasteiger partial charge in [-0.3, -0.25) is 9.52 Å². The van der Waals surface area contributed by atoms with Crippen LogP contribution >= 0.6 is 22.9 Å². The number of nitriles is 1. The highest BCUT2D eigenvalue weighted by atomic mass is 35.5. The molecule has 0 spiro atoms. The monoisotopic (exact) mass is 575 g/mol. The smallest absolute Gasteiger partial charge is 0.263 e. The third-order valence-corrected chi connectivity index (χ3v) is 8.53. The lowest BCUT2D eigenvalue weighted by molar-refractivity contribution is 0.104. The van der Waals surface area contributed by atoms with Crippen molar-refractivity contribution < 1.29 is 13.2 Å². The number of nitrogens with two attached hydrogens (primary N) is 2. The van der Waals surface area contributed by atoms with Crippen molar-refractivity contribution in [2.24, 2.45) is 0 Å². The Morgan fingerprint density at radius 1 is 1.03 bits per heavy atom. The number of nitrogens with zero attached hydrogens (tertiary/aromatic N) is 4. The van der Waals surface area contributed by atoms with Gasteiger partial charge < -0.3 is 11.5 Å². The zero-order valence-electron chi connectivity index (χ0n) is 20.1. The molecule has 194 valence electrons. The number of carbonyl (C=O) groups excluding carboxylic acids is 1. The molecule has 3 aromatic heterocycles. The lowest BCUT2D eigenvalue weighted by atomic mass is 9.96. The van der Waals surface area contributed by atoms with Gasteiger partial charge in [0.05, 0.1) is 10.6 Å². The van der Waals surface area contributed by atoms with Crippen molar-refractivity contribution in [2.75, 3.05) is 16.2 Å². The summed E-state index contributed by atoms with van der Waals surface area (Å²) in [5.41, 5.74) is 15.4. The van der Waals surface area contributed by atoms with Crippen LogP contribution in [0.2, 0.25) is 5.15 Å². The molecule has 13 heteroatoms. The standard InChI is InChI=1S/C26H18ClN7O3S2/c1-13-2-4-14(5-3-13)20-17(12-28)25(30)31-26-21(20)22(29)24(38-26)23(35)15-6-8-16(9-7-15)39(36,37)34-19-11-10-18(27)32-33-19/h2-11H,29H2,1H3,(H2,30,31)(H,33,34). The molecule has 5 N–H and O–H groups in total. The molecule has 5 rings (SSSR count). The van der Waals surface area contributed by atoms with Crippen molar-refractivity contribution in [3.63, 3.8) is 0 Å². The quantitative estimate of drug-likeness (QED) is 0.240. The van der Waals surface area contributed by atoms with Crippen LogP contribution in [0.25, 0.3) is 21.3 Å². The second-order valence-electron chi connectivity index (χ2n) is 8.45. The van der Waals surface area contributed by atoms with Crippen LogP contribution in [0.3, 0.4) is 0 Å². The molecule has 10 nitrogen and oxygen atoms in total. The Kier molecular flexibility index (Phi) is 6.65. The Labute approximate surface area is 231 Å². The SMILES string of the molecule is Cc1ccc(-c2c(C#N)c(N)nc3sc(C(=O)c4ccc(S(=O)(=O)Nc5ccc(Cl)nn5)cc4)c(N)c23)cc1. The third kappa shape index (κ3) is 4.86. The normalized spacial score (nSPS) is 11.3. The minimum absolute atomic E-state index is 0.00880. The summed E-state index contributed by atoms with van der Waals surface area (Å²) in [7, 11) is -4.00. The Morgan fingerprint density at radius 3 is 2.33 bits per heavy atom. The lowest BCUT2D eigenvalue weighted by Crippen LogP contribution is -2.14. The van der Waals surface area contributed by atoms with Crippen molar-refractivity contribution in [3.05, 3.63) is 87.4 Å². The van der Waals surface area contributed by atoms with Gasteiger partial charge >= 0.3 is 0 Å². The fraction of sp³-hybridized carbons (Fsp3) is 0.0385. The molecule has 0 bridgehead atoms. The molecule has 0 aliphatic carbocycles. The second-order valence-corrected chi connectivity index (χ2v) is 11.5. The van der Waals surface area contributed by atoms with E-state index in [-0.39, 0.29) is 43.4 Å². The van der Waals surface area contributed by atoms with Crippen LogP contribution in [-0.2, 0) is 10.0 Å². The topological polar surface area (TPSA) is 178 Å². The minimum Gasteiger partial charge on any atom is -0.397 e. The van der Waals surface area contributed by atoms with Gasteiger partial charge in [0.25, 0.3) is 10.0 Å². The molecule has 0 saturated carbocycles. The Hall–Kier alpha value is -4.57. The number of aromatic nitrogens is 3. The summed E-state index contributed by atoms with van der Waals surface area (Å²) in [6.45, 7) is 1.94. The van der Waals surface area contributed by atoms with Crippen LogP contribution < -0.4 is 16.2 Å². The first-order valence-corrected chi connectivity index (χ1v) is 13.9. The molecule has 39 heavy (non-hydrogen) atoms. The predicted molar refractivity (Wildman–Crippen MR) is 151 cm³/mol. The van der Waals surface area contributed by atoms with E-state index in [1.54, 1.807) is 0 Å². The summed E-state index contributed by atoms with van der Waals surface area (Å²) in [5, 5.41) is 17.7. The minimum atomic E-state index is -4.00. The molecular formula is C26H18ClN7O3S2. The van der Waals surface area contributed by atoms with Gasteiger partial charge in [0, 0.05) is 16.5 Å². The molecule has 2 aromatic carbocycles. The number of rotatable bonds is 6. The molecule has 0 aliphatic heterocycles. The van der Waals surface area contributed by atoms with Crippen molar-refractivity contribution >= 4 is 66.3 Å². The number of benzene rings is 2. The van der Waals surface area contributed by atoms with Gasteiger partial charge in [0.15, 0.2) is 11.0 Å². The number of hydrogen-bond donors (Lipinski definition) is 3. The van der Waals surface area contributed by atoms with Crippen molar-refractivity contribution in [1.82, 2.24) is 15.2 Å². The van der Waals surface area contributed by atoms with Gasteiger partial charge in [-0.25, -0.2) is 13.4 Å². The van der Waals surface area contributed by atoms with E-state index in [1.807, 2.05) is 31.2 Å². The first-order chi connectivity index (χ1) is 18.6. The van der Waals surface area contributed by atoms with Crippen molar-refractivity contribution in [1.29, 1.82) is 5.26 Å². The fourth-order valence-corrected chi connectivity index (χ4v) is 6.12. The largest absolute Gasteiger partial charge is 0.397 e. The fourth-order valence-electron chi connectivity index (χ4n) is 3.94. The number of aryl methyl sites for hydroxylation is 1. The van der Waals surface area contributed by atoms with E-state index in [4.69, 9.17) is 23.1 Å². The molecular weight excluding hydrogens is 558 g/mol. The van der Waals surface area contributed by atoms with Crippen LogP contribution in [0.15, 0.2) is 65.6 Å². The third-order valence-electron chi connectivity index (χ3n) is 5.86. The summed E-state index contributed by atoms with van der Waals surface area (Å²) < 4.78 is 27.8. The lowest BCUT2D eigenvalue weighted by Gasteiger charge is -2.10. The number of ketones is 1. The summed E-state index contributed by atoms with van der Waals surface area (Å²) in [6, 6.07) is 17.7. The van der Waals surface area contributed by atoms with Gasteiger partial charge in [-0.05, 0) is 48.9 Å². The molecule has 0 saturated heterocycles. The highest BCUT2D eigenvalue weighted by Gasteiger charge is 2.25. The molecule has 3 heterocycles. The molecule has 0 atom stereocenters. The second kappa shape index (κ2) is 9.95. The van der Waals surface area contributed by atoms with Crippen LogP contribution in [0.5, 0.6) is 0 Å². The van der Waals surface area contributed by atoms with E-state index in [9.17, 15) is 18.5 Å². The number of pyridine rings is 1. The maximum atomic E-state index is 13.5. The van der Waals surface area contributed by atoms with Crippen molar-refractivity contribution in [3.8, 4) is 17.2 Å². The number of carbonyl (C=O) groups is 1. The van der Waals surface area contributed by atoms with Gasteiger partial charge in [0.2, 0.25) is 5.78 Å². The summed E-state index contributed by atoms with van der Waals surface area (Å²) in [5.74, 6) is -0.401. The first-order valence-electron chi connectivity index (χ1n) is 11.2. The Bertz CT molecular complexity index is 1900. The zero-order valence-corrected chi connectivity index (χ0v) is 22.5. The highest BCUT2D eigenvalue weighted by molar-refractivity contribution is 7.92. The molecule has 0 amide bonds. The first kappa shape index (κ1) is 26.1. The average Bonchev–Trinajstić information content (AvgIpc) is 3.24.